The topological polar surface area (TPSA) is 203 Å². The first-order valence-electron chi connectivity index (χ1n) is 21.2. The molecule has 0 heterocycles. The van der Waals surface area contributed by atoms with Crippen molar-refractivity contribution >= 4 is 120 Å². The van der Waals surface area contributed by atoms with Crippen LogP contribution in [-0.4, -0.2) is 47.6 Å². The molecule has 0 saturated carbocycles. The van der Waals surface area contributed by atoms with Crippen molar-refractivity contribution in [2.75, 3.05) is 46.1 Å². The van der Waals surface area contributed by atoms with Gasteiger partial charge in [-0.25, -0.2) is 14.4 Å². The zero-order valence-electron chi connectivity index (χ0n) is 38.4. The number of carbonyl (C=O) groups is 3. The first kappa shape index (κ1) is 56.1. The third-order valence-electron chi connectivity index (χ3n) is 10.3. The third kappa shape index (κ3) is 15.0. The number of nitrogens with one attached hydrogen (secondary N) is 6. The maximum atomic E-state index is 12.8. The van der Waals surface area contributed by atoms with Crippen LogP contribution < -0.4 is 41.4 Å². The number of carbonyl (C=O) groups excluding carboxylic acids is 3. The van der Waals surface area contributed by atoms with E-state index in [0.717, 1.165) is 51.9 Å². The van der Waals surface area contributed by atoms with E-state index in [1.807, 2.05) is 24.3 Å². The van der Waals surface area contributed by atoms with E-state index in [4.69, 9.17) is 55.9 Å². The average Bonchev–Trinajstić information content (AvgIpc) is 3.35. The number of rotatable bonds is 8. The lowest BCUT2D eigenvalue weighted by Gasteiger charge is -2.13. The van der Waals surface area contributed by atoms with E-state index in [2.05, 4.69) is 31.9 Å². The van der Waals surface area contributed by atoms with E-state index in [-0.39, 0.29) is 54.3 Å². The van der Waals surface area contributed by atoms with Crippen molar-refractivity contribution in [1.29, 1.82) is 0 Å². The quantitative estimate of drug-likeness (QED) is 0.0528. The van der Waals surface area contributed by atoms with Crippen molar-refractivity contribution in [3.63, 3.8) is 0 Å². The summed E-state index contributed by atoms with van der Waals surface area (Å²) in [5, 5.41) is 47.4. The van der Waals surface area contributed by atoms with Crippen molar-refractivity contribution in [2.45, 2.75) is 12.4 Å². The molecule has 8 aromatic rings. The van der Waals surface area contributed by atoms with Gasteiger partial charge >= 0.3 is 30.4 Å². The third-order valence-corrected chi connectivity index (χ3v) is 11.7. The summed E-state index contributed by atoms with van der Waals surface area (Å²) in [6, 6.07) is 31.6. The number of aromatic hydroxyl groups is 3. The van der Waals surface area contributed by atoms with E-state index in [1.54, 1.807) is 67.8 Å². The number of ether oxygens (including phenoxy) is 2. The number of halogens is 10. The van der Waals surface area contributed by atoms with Crippen LogP contribution in [-0.2, 0) is 12.4 Å². The Hall–Kier alpha value is -8.17. The Kier molecular flexibility index (Phi) is 18.1. The molecule has 0 aliphatic carbocycles. The van der Waals surface area contributed by atoms with Gasteiger partial charge in [0.1, 0.15) is 28.0 Å². The number of urea groups is 3. The predicted molar refractivity (Wildman–Crippen MR) is 280 cm³/mol. The standard InChI is InChI=1S/C19H18N2O4.C18H12ClF3N2O2.C14H8Cl3F3N2O2/c1-24-14-7-8-15(18(11-14)25-2)20-19(23)21-16-9-12-5-3-4-6-13(12)10-17(16)22;19-13-6-5-12(18(20,21)22)9-14(13)23-17(26)24-15-7-10-3-1-2-4-11(10)8-16(15)25;15-7-2-1-6(14(18,19)20)5-10(7)22-13(24)21-9-4-3-8(16)11(17)12(9)23/h3-11,22H,1-2H3,(H2,20,21,23);1-9,25H,(H2,23,24,26);1-5,23H,(H2,21,22,24). The van der Waals surface area contributed by atoms with E-state index >= 15 is 0 Å². The van der Waals surface area contributed by atoms with Gasteiger partial charge in [-0.1, -0.05) is 94.9 Å². The minimum atomic E-state index is -4.58. The Morgan fingerprint density at radius 1 is 0.427 bits per heavy atom. The summed E-state index contributed by atoms with van der Waals surface area (Å²) in [7, 11) is 3.06. The Bertz CT molecular complexity index is 3430. The molecule has 8 aromatic carbocycles. The summed E-state index contributed by atoms with van der Waals surface area (Å²) in [6.45, 7) is 0. The van der Waals surface area contributed by atoms with Crippen LogP contribution >= 0.6 is 46.4 Å². The van der Waals surface area contributed by atoms with Gasteiger partial charge < -0.3 is 56.7 Å². The van der Waals surface area contributed by atoms with Crippen LogP contribution in [0.5, 0.6) is 28.7 Å². The van der Waals surface area contributed by atoms with Crippen molar-refractivity contribution in [1.82, 2.24) is 0 Å². The summed E-state index contributed by atoms with van der Waals surface area (Å²) in [4.78, 5) is 36.3. The number of methoxy groups -OCH3 is 2. The maximum Gasteiger partial charge on any atom is 0.416 e. The van der Waals surface area contributed by atoms with E-state index in [9.17, 15) is 56.0 Å². The van der Waals surface area contributed by atoms with Crippen LogP contribution in [0.25, 0.3) is 21.5 Å². The number of amides is 6. The largest absolute Gasteiger partial charge is 0.506 e. The number of hydrogen-bond acceptors (Lipinski definition) is 8. The van der Waals surface area contributed by atoms with E-state index in [0.29, 0.717) is 28.9 Å². The van der Waals surface area contributed by atoms with Gasteiger partial charge in [0, 0.05) is 6.07 Å². The lowest BCUT2D eigenvalue weighted by molar-refractivity contribution is -0.138. The molecule has 0 bridgehead atoms. The highest BCUT2D eigenvalue weighted by Crippen LogP contribution is 2.39. The number of phenolic OH excluding ortho intramolecular Hbond substituents is 3. The van der Waals surface area contributed by atoms with Gasteiger partial charge in [0.05, 0.1) is 74.5 Å². The second kappa shape index (κ2) is 24.2. The van der Waals surface area contributed by atoms with E-state index in [1.165, 1.54) is 25.3 Å². The molecule has 0 fully saturated rings. The van der Waals surface area contributed by atoms with Crippen LogP contribution in [0, 0.1) is 0 Å². The van der Waals surface area contributed by atoms with Crippen LogP contribution in [0.3, 0.4) is 0 Å². The minimum absolute atomic E-state index is 0.00412. The zero-order valence-corrected chi connectivity index (χ0v) is 41.5. The molecule has 0 atom stereocenters. The molecule has 0 unspecified atom stereocenters. The highest BCUT2D eigenvalue weighted by atomic mass is 35.5. The van der Waals surface area contributed by atoms with Gasteiger partial charge in [-0.3, -0.25) is 0 Å². The lowest BCUT2D eigenvalue weighted by Crippen LogP contribution is -2.20. The van der Waals surface area contributed by atoms with Gasteiger partial charge in [0.15, 0.2) is 5.75 Å². The number of benzene rings is 8. The molecule has 0 aliphatic rings. The normalized spacial score (nSPS) is 11.0. The summed E-state index contributed by atoms with van der Waals surface area (Å²) in [5.41, 5.74) is -1.51. The second-order valence-corrected chi connectivity index (χ2v) is 17.0. The molecule has 75 heavy (non-hydrogen) atoms. The Labute approximate surface area is 441 Å². The molecule has 0 saturated heterocycles. The molecule has 0 aliphatic heterocycles. The second-order valence-electron chi connectivity index (χ2n) is 15.4. The first-order chi connectivity index (χ1) is 35.4. The number of phenols is 3. The van der Waals surface area contributed by atoms with Crippen molar-refractivity contribution in [3.05, 3.63) is 171 Å². The van der Waals surface area contributed by atoms with Gasteiger partial charge in [0.2, 0.25) is 0 Å². The fourth-order valence-corrected chi connectivity index (χ4v) is 7.27. The minimum Gasteiger partial charge on any atom is -0.506 e. The number of fused-ring (bicyclic) bond motifs is 2. The van der Waals surface area contributed by atoms with E-state index < -0.39 is 47.3 Å². The molecular weight excluding hydrogens is 1080 g/mol. The SMILES string of the molecule is COc1ccc(NC(=O)Nc2cc3ccccc3cc2O)c(OC)c1.O=C(Nc1cc(C(F)(F)F)ccc1Cl)Nc1ccc(Cl)c(Cl)c1O.O=C(Nc1cc2ccccc2cc1O)Nc1cc(C(F)(F)F)ccc1Cl. The molecule has 0 aromatic heterocycles. The summed E-state index contributed by atoms with van der Waals surface area (Å²) in [6.07, 6.45) is -9.15. The summed E-state index contributed by atoms with van der Waals surface area (Å²) >= 11 is 23.0. The summed E-state index contributed by atoms with van der Waals surface area (Å²) < 4.78 is 86.8. The first-order valence-corrected chi connectivity index (χ1v) is 22.7. The predicted octanol–water partition coefficient (Wildman–Crippen LogP) is 16.1. The smallest absolute Gasteiger partial charge is 0.416 e. The van der Waals surface area contributed by atoms with Gasteiger partial charge in [-0.2, -0.15) is 26.3 Å². The highest BCUT2D eigenvalue weighted by Gasteiger charge is 2.32. The van der Waals surface area contributed by atoms with Gasteiger partial charge in [0.25, 0.3) is 0 Å². The van der Waals surface area contributed by atoms with Crippen molar-refractivity contribution < 1.29 is 65.5 Å². The van der Waals surface area contributed by atoms with Crippen molar-refractivity contribution in [3.8, 4) is 28.7 Å². The van der Waals surface area contributed by atoms with Crippen LogP contribution in [0.15, 0.2) is 140 Å². The lowest BCUT2D eigenvalue weighted by atomic mass is 10.1. The molecule has 24 heteroatoms. The molecule has 0 spiro atoms. The van der Waals surface area contributed by atoms with Crippen molar-refractivity contribution in [2.24, 2.45) is 0 Å². The molecule has 9 N–H and O–H groups in total. The molecule has 14 nitrogen and oxygen atoms in total. The number of anilines is 6. The monoisotopic (exact) mass is 1120 g/mol. The molecule has 8 rings (SSSR count). The fraction of sp³-hybridized carbons (Fsp3) is 0.0784. The summed E-state index contributed by atoms with van der Waals surface area (Å²) in [5.74, 6) is 0.436. The fourth-order valence-electron chi connectivity index (χ4n) is 6.62. The Morgan fingerprint density at radius 2 is 0.800 bits per heavy atom. The Morgan fingerprint density at radius 3 is 1.21 bits per heavy atom. The Balaban J connectivity index is 0.000000183. The van der Waals surface area contributed by atoms with Gasteiger partial charge in [-0.15, -0.1) is 0 Å². The van der Waals surface area contributed by atoms with Crippen LogP contribution in [0.1, 0.15) is 11.1 Å². The van der Waals surface area contributed by atoms with Crippen LogP contribution in [0.2, 0.25) is 20.1 Å². The number of alkyl halides is 6. The highest BCUT2D eigenvalue weighted by molar-refractivity contribution is 6.43. The molecule has 6 amide bonds. The molecular formula is C51H38Cl4F6N6O8. The van der Waals surface area contributed by atoms with Gasteiger partial charge in [-0.05, 0) is 106 Å². The maximum absolute atomic E-state index is 12.8. The molecule has 0 radical (unpaired) electrons. The van der Waals surface area contributed by atoms with Crippen LogP contribution in [0.4, 0.5) is 74.9 Å². The average molecular weight is 1120 g/mol. The zero-order chi connectivity index (χ0) is 54.8. The molecule has 390 valence electrons. The number of hydrogen-bond donors (Lipinski definition) is 9.